The molecule has 0 aliphatic heterocycles. The van der Waals surface area contributed by atoms with Gasteiger partial charge in [0.2, 0.25) is 0 Å². The molecule has 0 atom stereocenters. The molecule has 8 heteroatoms. The number of fused-ring (bicyclic) bond motifs is 2. The number of aromatic nitrogens is 2. The van der Waals surface area contributed by atoms with Crippen molar-refractivity contribution >= 4 is 37.5 Å². The van der Waals surface area contributed by atoms with Gasteiger partial charge in [0, 0.05) is 45.9 Å². The number of nitro benzene ring substituents is 1. The topological polar surface area (TPSA) is 98.0 Å². The summed E-state index contributed by atoms with van der Waals surface area (Å²) in [6.45, 7) is 0. The summed E-state index contributed by atoms with van der Waals surface area (Å²) < 4.78 is 27.8. The van der Waals surface area contributed by atoms with Gasteiger partial charge in [-0.05, 0) is 30.3 Å². The molecule has 0 unspecified atom stereocenters. The van der Waals surface area contributed by atoms with Crippen LogP contribution in [0.25, 0.3) is 33.1 Å². The number of nitro groups is 1. The average Bonchev–Trinajstić information content (AvgIpc) is 3.35. The highest BCUT2D eigenvalue weighted by Crippen LogP contribution is 2.34. The molecule has 2 heterocycles. The Hall–Kier alpha value is -3.91. The van der Waals surface area contributed by atoms with Gasteiger partial charge in [0.05, 0.1) is 15.3 Å². The molecule has 30 heavy (non-hydrogen) atoms. The standard InChI is InChI=1S/C22H15N3O4S/c26-25(27)16-10-11-20-15(12-16)13-21(23-20)19-14-24(22-9-5-4-8-18(19)22)30(28,29)17-6-2-1-3-7-17/h1-14,23H. The van der Waals surface area contributed by atoms with Gasteiger partial charge in [-0.25, -0.2) is 12.4 Å². The number of nitrogens with zero attached hydrogens (tertiary/aromatic N) is 2. The summed E-state index contributed by atoms with van der Waals surface area (Å²) >= 11 is 0. The molecule has 0 fully saturated rings. The van der Waals surface area contributed by atoms with Crippen LogP contribution in [0, 0.1) is 10.1 Å². The number of hydrogen-bond donors (Lipinski definition) is 1. The molecule has 0 aliphatic rings. The SMILES string of the molecule is O=[N+]([O-])c1ccc2[nH]c(-c3cn(S(=O)(=O)c4ccccc4)c4ccccc34)cc2c1. The molecular weight excluding hydrogens is 402 g/mol. The average molecular weight is 417 g/mol. The molecule has 1 N–H and O–H groups in total. The Bertz CT molecular complexity index is 1530. The lowest BCUT2D eigenvalue weighted by molar-refractivity contribution is -0.384. The van der Waals surface area contributed by atoms with Crippen molar-refractivity contribution in [2.24, 2.45) is 0 Å². The van der Waals surface area contributed by atoms with Gasteiger partial charge < -0.3 is 4.98 Å². The zero-order chi connectivity index (χ0) is 20.9. The zero-order valence-corrected chi connectivity index (χ0v) is 16.3. The third kappa shape index (κ3) is 2.77. The van der Waals surface area contributed by atoms with Crippen molar-refractivity contribution in [2.45, 2.75) is 4.90 Å². The fourth-order valence-electron chi connectivity index (χ4n) is 3.65. The Morgan fingerprint density at radius 1 is 0.900 bits per heavy atom. The van der Waals surface area contributed by atoms with E-state index in [0.29, 0.717) is 22.2 Å². The second-order valence-electron chi connectivity index (χ2n) is 6.89. The number of nitrogens with one attached hydrogen (secondary N) is 1. The summed E-state index contributed by atoms with van der Waals surface area (Å²) in [5, 5.41) is 12.5. The monoisotopic (exact) mass is 417 g/mol. The summed E-state index contributed by atoms with van der Waals surface area (Å²) in [4.78, 5) is 14.1. The minimum atomic E-state index is -3.79. The van der Waals surface area contributed by atoms with E-state index < -0.39 is 14.9 Å². The lowest BCUT2D eigenvalue weighted by atomic mass is 10.1. The van der Waals surface area contributed by atoms with E-state index in [2.05, 4.69) is 4.98 Å². The van der Waals surface area contributed by atoms with Crippen molar-refractivity contribution in [1.29, 1.82) is 0 Å². The van der Waals surface area contributed by atoms with E-state index in [1.807, 2.05) is 12.1 Å². The normalized spacial score (nSPS) is 11.9. The fraction of sp³-hybridized carbons (Fsp3) is 0. The van der Waals surface area contributed by atoms with Gasteiger partial charge in [0.15, 0.2) is 0 Å². The highest BCUT2D eigenvalue weighted by Gasteiger charge is 2.22. The highest BCUT2D eigenvalue weighted by atomic mass is 32.2. The molecule has 3 aromatic carbocycles. The van der Waals surface area contributed by atoms with Crippen LogP contribution in [0.1, 0.15) is 0 Å². The Morgan fingerprint density at radius 3 is 2.40 bits per heavy atom. The quantitative estimate of drug-likeness (QED) is 0.331. The van der Waals surface area contributed by atoms with Crippen LogP contribution in [0.4, 0.5) is 5.69 Å². The van der Waals surface area contributed by atoms with Gasteiger partial charge in [0.25, 0.3) is 15.7 Å². The third-order valence-electron chi connectivity index (χ3n) is 5.08. The van der Waals surface area contributed by atoms with Gasteiger partial charge in [0.1, 0.15) is 0 Å². The smallest absolute Gasteiger partial charge is 0.270 e. The second kappa shape index (κ2) is 6.57. The summed E-state index contributed by atoms with van der Waals surface area (Å²) in [6.07, 6.45) is 1.59. The first-order valence-corrected chi connectivity index (χ1v) is 10.6. The molecular formula is C22H15N3O4S. The maximum absolute atomic E-state index is 13.3. The maximum Gasteiger partial charge on any atom is 0.270 e. The first-order chi connectivity index (χ1) is 14.4. The number of aromatic amines is 1. The molecule has 0 amide bonds. The van der Waals surface area contributed by atoms with E-state index in [9.17, 15) is 18.5 Å². The number of para-hydroxylation sites is 1. The molecule has 0 saturated carbocycles. The second-order valence-corrected chi connectivity index (χ2v) is 8.70. The lowest BCUT2D eigenvalue weighted by Crippen LogP contribution is -2.11. The van der Waals surface area contributed by atoms with Gasteiger partial charge in [-0.1, -0.05) is 36.4 Å². The van der Waals surface area contributed by atoms with E-state index in [-0.39, 0.29) is 10.6 Å². The van der Waals surface area contributed by atoms with Crippen molar-refractivity contribution < 1.29 is 13.3 Å². The van der Waals surface area contributed by atoms with E-state index >= 15 is 0 Å². The molecule has 2 aromatic heterocycles. The highest BCUT2D eigenvalue weighted by molar-refractivity contribution is 7.90. The van der Waals surface area contributed by atoms with Gasteiger partial charge >= 0.3 is 0 Å². The Kier molecular flexibility index (Phi) is 3.97. The fourth-order valence-corrected chi connectivity index (χ4v) is 5.04. The lowest BCUT2D eigenvalue weighted by Gasteiger charge is -2.07. The summed E-state index contributed by atoms with van der Waals surface area (Å²) in [5.74, 6) is 0. The van der Waals surface area contributed by atoms with Crippen LogP contribution >= 0.6 is 0 Å². The van der Waals surface area contributed by atoms with Crippen LogP contribution in [0.15, 0.2) is 90.0 Å². The molecule has 5 rings (SSSR count). The van der Waals surface area contributed by atoms with Crippen LogP contribution in [0.5, 0.6) is 0 Å². The number of rotatable bonds is 4. The van der Waals surface area contributed by atoms with Crippen LogP contribution in [-0.2, 0) is 10.0 Å². The van der Waals surface area contributed by atoms with E-state index in [4.69, 9.17) is 0 Å². The van der Waals surface area contributed by atoms with Gasteiger partial charge in [-0.3, -0.25) is 10.1 Å². The minimum absolute atomic E-state index is 0.00198. The van der Waals surface area contributed by atoms with Crippen LogP contribution in [-0.4, -0.2) is 22.3 Å². The van der Waals surface area contributed by atoms with E-state index in [1.165, 1.54) is 16.1 Å². The Balaban J connectivity index is 1.74. The van der Waals surface area contributed by atoms with Crippen molar-refractivity contribution in [2.75, 3.05) is 0 Å². The molecule has 5 aromatic rings. The summed E-state index contributed by atoms with van der Waals surface area (Å²) in [5.41, 5.74) is 2.68. The predicted octanol–water partition coefficient (Wildman–Crippen LogP) is 4.93. The largest absolute Gasteiger partial charge is 0.354 e. The van der Waals surface area contributed by atoms with Crippen LogP contribution < -0.4 is 0 Å². The van der Waals surface area contributed by atoms with Crippen LogP contribution in [0.3, 0.4) is 0 Å². The Morgan fingerprint density at radius 2 is 1.63 bits per heavy atom. The number of non-ortho nitro benzene ring substituents is 1. The first kappa shape index (κ1) is 18.1. The molecule has 0 spiro atoms. The van der Waals surface area contributed by atoms with Crippen molar-refractivity contribution in [1.82, 2.24) is 8.96 Å². The summed E-state index contributed by atoms with van der Waals surface area (Å²) in [6, 6.07) is 21.9. The van der Waals surface area contributed by atoms with E-state index in [1.54, 1.807) is 60.8 Å². The van der Waals surface area contributed by atoms with Gasteiger partial charge in [-0.2, -0.15) is 0 Å². The number of hydrogen-bond acceptors (Lipinski definition) is 4. The van der Waals surface area contributed by atoms with Crippen molar-refractivity contribution in [3.05, 3.63) is 95.2 Å². The zero-order valence-electron chi connectivity index (χ0n) is 15.5. The molecule has 148 valence electrons. The van der Waals surface area contributed by atoms with Gasteiger partial charge in [-0.15, -0.1) is 0 Å². The molecule has 7 nitrogen and oxygen atoms in total. The first-order valence-electron chi connectivity index (χ1n) is 9.13. The third-order valence-corrected chi connectivity index (χ3v) is 6.77. The molecule has 0 saturated heterocycles. The van der Waals surface area contributed by atoms with Crippen LogP contribution in [0.2, 0.25) is 0 Å². The molecule has 0 aliphatic carbocycles. The van der Waals surface area contributed by atoms with E-state index in [0.717, 1.165) is 10.9 Å². The predicted molar refractivity (Wildman–Crippen MR) is 115 cm³/mol. The number of H-pyrrole nitrogens is 1. The van der Waals surface area contributed by atoms with Crippen molar-refractivity contribution in [3.63, 3.8) is 0 Å². The minimum Gasteiger partial charge on any atom is -0.354 e. The summed E-state index contributed by atoms with van der Waals surface area (Å²) in [7, 11) is -3.79. The Labute approximate surface area is 171 Å². The molecule has 0 radical (unpaired) electrons. The number of benzene rings is 3. The maximum atomic E-state index is 13.3. The van der Waals surface area contributed by atoms with Crippen molar-refractivity contribution in [3.8, 4) is 11.3 Å². The molecule has 0 bridgehead atoms.